The first-order valence-electron chi connectivity index (χ1n) is 11.3. The predicted molar refractivity (Wildman–Crippen MR) is 127 cm³/mol. The molecule has 2 heterocycles. The maximum Gasteiger partial charge on any atom is 0.277 e. The molecule has 2 aliphatic heterocycles. The van der Waals surface area contributed by atoms with Gasteiger partial charge in [0.25, 0.3) is 11.8 Å². The largest absolute Gasteiger partial charge is 0.494 e. The highest BCUT2D eigenvalue weighted by molar-refractivity contribution is 6.35. The second-order valence-electron chi connectivity index (χ2n) is 8.46. The zero-order valence-corrected chi connectivity index (χ0v) is 19.4. The fourth-order valence-corrected chi connectivity index (χ4v) is 4.37. The summed E-state index contributed by atoms with van der Waals surface area (Å²) in [5.74, 6) is 0.297. The Hall–Kier alpha value is -3.28. The zero-order valence-electron chi connectivity index (χ0n) is 19.4. The van der Waals surface area contributed by atoms with Crippen LogP contribution in [0.1, 0.15) is 30.0 Å². The average molecular weight is 434 g/mol. The maximum absolute atomic E-state index is 13.0. The summed E-state index contributed by atoms with van der Waals surface area (Å²) in [6.45, 7) is 9.98. The lowest BCUT2D eigenvalue weighted by molar-refractivity contribution is -0.135. The second-order valence-corrected chi connectivity index (χ2v) is 8.46. The number of piperazine rings is 1. The molecular weight excluding hydrogens is 402 g/mol. The van der Waals surface area contributed by atoms with Crippen LogP contribution in [0.3, 0.4) is 0 Å². The van der Waals surface area contributed by atoms with Gasteiger partial charge >= 0.3 is 0 Å². The number of hydrogen-bond donors (Lipinski definition) is 0. The fraction of sp³-hybridized carbons (Fsp3) is 0.385. The number of hydrogen-bond acceptors (Lipinski definition) is 5. The molecule has 0 spiro atoms. The van der Waals surface area contributed by atoms with Gasteiger partial charge in [0.2, 0.25) is 0 Å². The van der Waals surface area contributed by atoms with E-state index in [1.54, 1.807) is 7.05 Å². The second kappa shape index (κ2) is 9.07. The molecule has 2 aliphatic rings. The molecule has 2 aromatic rings. The number of carbonyl (C=O) groups is 2. The van der Waals surface area contributed by atoms with Gasteiger partial charge in [-0.1, -0.05) is 31.2 Å². The first-order valence-corrected chi connectivity index (χ1v) is 11.3. The normalized spacial score (nSPS) is 16.9. The van der Waals surface area contributed by atoms with Gasteiger partial charge in [-0.15, -0.1) is 0 Å². The molecule has 168 valence electrons. The molecular formula is C26H31N3O3. The minimum atomic E-state index is -0.246. The Labute approximate surface area is 190 Å². The van der Waals surface area contributed by atoms with Crippen LogP contribution in [0.2, 0.25) is 0 Å². The highest BCUT2D eigenvalue weighted by atomic mass is 16.5. The number of aryl methyl sites for hydroxylation is 1. The lowest BCUT2D eigenvalue weighted by Crippen LogP contribution is -2.47. The van der Waals surface area contributed by atoms with Crippen molar-refractivity contribution in [3.63, 3.8) is 0 Å². The van der Waals surface area contributed by atoms with E-state index in [4.69, 9.17) is 4.74 Å². The molecule has 32 heavy (non-hydrogen) atoms. The minimum absolute atomic E-state index is 0.225. The van der Waals surface area contributed by atoms with Gasteiger partial charge in [-0.05, 0) is 55.2 Å². The molecule has 0 radical (unpaired) electrons. The van der Waals surface area contributed by atoms with Gasteiger partial charge in [-0.3, -0.25) is 14.5 Å². The molecule has 0 aromatic heterocycles. The van der Waals surface area contributed by atoms with Crippen molar-refractivity contribution in [1.29, 1.82) is 0 Å². The monoisotopic (exact) mass is 433 g/mol. The molecule has 1 fully saturated rings. The number of anilines is 1. The third kappa shape index (κ3) is 3.97. The van der Waals surface area contributed by atoms with Crippen molar-refractivity contribution in [2.24, 2.45) is 0 Å². The van der Waals surface area contributed by atoms with Crippen molar-refractivity contribution in [2.75, 3.05) is 44.7 Å². The summed E-state index contributed by atoms with van der Waals surface area (Å²) in [5, 5.41) is 0. The molecule has 0 saturated carbocycles. The molecule has 0 atom stereocenters. The van der Waals surface area contributed by atoms with Gasteiger partial charge < -0.3 is 14.5 Å². The number of ether oxygens (including phenoxy) is 1. The van der Waals surface area contributed by atoms with Gasteiger partial charge in [-0.25, -0.2) is 0 Å². The van der Waals surface area contributed by atoms with E-state index in [2.05, 4.69) is 48.8 Å². The van der Waals surface area contributed by atoms with Crippen LogP contribution in [-0.2, 0) is 9.59 Å². The number of imide groups is 1. The lowest BCUT2D eigenvalue weighted by atomic mass is 10.0. The van der Waals surface area contributed by atoms with Crippen LogP contribution in [0, 0.1) is 13.8 Å². The van der Waals surface area contributed by atoms with Crippen LogP contribution in [0.5, 0.6) is 5.75 Å². The summed E-state index contributed by atoms with van der Waals surface area (Å²) < 4.78 is 5.66. The van der Waals surface area contributed by atoms with Crippen LogP contribution < -0.4 is 9.64 Å². The van der Waals surface area contributed by atoms with E-state index < -0.39 is 0 Å². The molecule has 2 aromatic carbocycles. The number of benzene rings is 2. The third-order valence-corrected chi connectivity index (χ3v) is 6.39. The number of nitrogens with zero attached hydrogens (tertiary/aromatic N) is 3. The van der Waals surface area contributed by atoms with E-state index in [9.17, 15) is 9.59 Å². The average Bonchev–Trinajstić information content (AvgIpc) is 3.04. The Morgan fingerprint density at radius 3 is 2.19 bits per heavy atom. The van der Waals surface area contributed by atoms with Gasteiger partial charge in [0.1, 0.15) is 11.4 Å². The summed E-state index contributed by atoms with van der Waals surface area (Å²) in [4.78, 5) is 31.7. The standard InChI is InChI=1S/C26H31N3O3/c1-5-17-32-21-11-9-20(10-12-21)23-24(26(31)27(4)25(23)30)29-15-13-28(14-16-29)22-8-6-7-18(2)19(22)3/h6-12H,5,13-17H2,1-4H3. The summed E-state index contributed by atoms with van der Waals surface area (Å²) in [7, 11) is 1.56. The van der Waals surface area contributed by atoms with E-state index in [-0.39, 0.29) is 11.8 Å². The molecule has 4 rings (SSSR count). The molecule has 1 saturated heterocycles. The SMILES string of the molecule is CCCOc1ccc(C2=C(N3CCN(c4cccc(C)c4C)CC3)C(=O)N(C)C2=O)cc1. The van der Waals surface area contributed by atoms with Gasteiger partial charge in [0, 0.05) is 38.9 Å². The van der Waals surface area contributed by atoms with Crippen molar-refractivity contribution >= 4 is 23.1 Å². The number of amides is 2. The van der Waals surface area contributed by atoms with E-state index in [1.165, 1.54) is 21.7 Å². The molecule has 6 nitrogen and oxygen atoms in total. The lowest BCUT2D eigenvalue weighted by Gasteiger charge is -2.38. The van der Waals surface area contributed by atoms with E-state index in [1.807, 2.05) is 24.3 Å². The minimum Gasteiger partial charge on any atom is -0.494 e. The summed E-state index contributed by atoms with van der Waals surface area (Å²) >= 11 is 0. The summed E-state index contributed by atoms with van der Waals surface area (Å²) in [6.07, 6.45) is 0.933. The van der Waals surface area contributed by atoms with Crippen molar-refractivity contribution in [3.05, 3.63) is 64.9 Å². The first kappa shape index (κ1) is 21.9. The van der Waals surface area contributed by atoms with Gasteiger partial charge in [0.15, 0.2) is 0 Å². The third-order valence-electron chi connectivity index (χ3n) is 6.39. The molecule has 0 N–H and O–H groups in total. The number of likely N-dealkylation sites (N-methyl/N-ethyl adjacent to an activating group) is 1. The van der Waals surface area contributed by atoms with E-state index in [0.29, 0.717) is 31.0 Å². The molecule has 0 bridgehead atoms. The van der Waals surface area contributed by atoms with Crippen LogP contribution in [0.15, 0.2) is 48.2 Å². The molecule has 0 unspecified atom stereocenters. The molecule has 6 heteroatoms. The highest BCUT2D eigenvalue weighted by Gasteiger charge is 2.40. The van der Waals surface area contributed by atoms with Crippen molar-refractivity contribution < 1.29 is 14.3 Å². The van der Waals surface area contributed by atoms with Gasteiger partial charge in [-0.2, -0.15) is 0 Å². The molecule has 2 amide bonds. The predicted octanol–water partition coefficient (Wildman–Crippen LogP) is 3.62. The van der Waals surface area contributed by atoms with Crippen molar-refractivity contribution in [2.45, 2.75) is 27.2 Å². The summed E-state index contributed by atoms with van der Waals surface area (Å²) in [6, 6.07) is 13.8. The number of rotatable bonds is 6. The van der Waals surface area contributed by atoms with Gasteiger partial charge in [0.05, 0.1) is 12.2 Å². The smallest absolute Gasteiger partial charge is 0.277 e. The Morgan fingerprint density at radius 1 is 0.875 bits per heavy atom. The zero-order chi connectivity index (χ0) is 22.8. The Balaban J connectivity index is 1.59. The summed E-state index contributed by atoms with van der Waals surface area (Å²) in [5.41, 5.74) is 5.56. The highest BCUT2D eigenvalue weighted by Crippen LogP contribution is 2.33. The topological polar surface area (TPSA) is 53.1 Å². The van der Waals surface area contributed by atoms with Crippen LogP contribution in [0.4, 0.5) is 5.69 Å². The van der Waals surface area contributed by atoms with Crippen molar-refractivity contribution in [3.8, 4) is 5.75 Å². The van der Waals surface area contributed by atoms with Crippen LogP contribution in [0.25, 0.3) is 5.57 Å². The number of carbonyl (C=O) groups excluding carboxylic acids is 2. The van der Waals surface area contributed by atoms with Crippen LogP contribution in [-0.4, -0.2) is 61.4 Å². The van der Waals surface area contributed by atoms with E-state index >= 15 is 0 Å². The van der Waals surface area contributed by atoms with Crippen molar-refractivity contribution in [1.82, 2.24) is 9.80 Å². The van der Waals surface area contributed by atoms with Crippen LogP contribution >= 0.6 is 0 Å². The quantitative estimate of drug-likeness (QED) is 0.652. The maximum atomic E-state index is 13.0. The molecule has 0 aliphatic carbocycles. The Morgan fingerprint density at radius 2 is 1.53 bits per heavy atom. The fourth-order valence-electron chi connectivity index (χ4n) is 4.37. The van der Waals surface area contributed by atoms with E-state index in [0.717, 1.165) is 30.8 Å². The Kier molecular flexibility index (Phi) is 6.21. The first-order chi connectivity index (χ1) is 15.4. The Bertz CT molecular complexity index is 1050.